The number of nitrogens with zero attached hydrogens (tertiary/aromatic N) is 1. The molecule has 1 spiro atoms. The number of phenols is 1. The van der Waals surface area contributed by atoms with Gasteiger partial charge in [0.15, 0.2) is 11.5 Å². The highest BCUT2D eigenvalue weighted by Gasteiger charge is 2.71. The van der Waals surface area contributed by atoms with Gasteiger partial charge in [-0.3, -0.25) is 4.90 Å². The summed E-state index contributed by atoms with van der Waals surface area (Å²) in [4.78, 5) is 2.50. The number of aromatic hydroxyl groups is 1. The number of phenolic OH excluding ortho intramolecular Hbond substituents is 1. The van der Waals surface area contributed by atoms with E-state index >= 15 is 0 Å². The summed E-state index contributed by atoms with van der Waals surface area (Å²) in [5.74, 6) is 0.883. The lowest BCUT2D eigenvalue weighted by Gasteiger charge is -2.63. The van der Waals surface area contributed by atoms with E-state index in [0.29, 0.717) is 11.9 Å². The van der Waals surface area contributed by atoms with Crippen molar-refractivity contribution in [1.82, 2.24) is 4.90 Å². The smallest absolute Gasteiger partial charge is 0.165 e. The molecule has 140 valence electrons. The molecule has 5 heteroatoms. The van der Waals surface area contributed by atoms with Crippen LogP contribution in [-0.4, -0.2) is 58.7 Å². The Labute approximate surface area is 153 Å². The molecule has 0 radical (unpaired) electrons. The van der Waals surface area contributed by atoms with Gasteiger partial charge in [0.1, 0.15) is 6.10 Å². The third kappa shape index (κ3) is 1.73. The second-order valence-electron chi connectivity index (χ2n) is 8.94. The average Bonchev–Trinajstić information content (AvgIpc) is 3.24. The molecule has 2 N–H and O–H groups in total. The van der Waals surface area contributed by atoms with E-state index in [1.54, 1.807) is 6.07 Å². The molecule has 6 rings (SSSR count). The lowest BCUT2D eigenvalue weighted by atomic mass is 9.49. The molecule has 1 aromatic rings. The predicted molar refractivity (Wildman–Crippen MR) is 95.7 cm³/mol. The lowest BCUT2D eigenvalue weighted by Crippen LogP contribution is -2.75. The molecule has 0 aromatic heterocycles. The Balaban J connectivity index is 1.48. The van der Waals surface area contributed by atoms with Crippen LogP contribution in [-0.2, 0) is 16.6 Å². The first-order valence-electron chi connectivity index (χ1n) is 10.2. The fraction of sp³-hybridized carbons (Fsp3) is 0.714. The van der Waals surface area contributed by atoms with Gasteiger partial charge in [-0.2, -0.15) is 0 Å². The number of aliphatic hydroxyl groups is 1. The van der Waals surface area contributed by atoms with Crippen molar-refractivity contribution in [2.45, 2.75) is 74.2 Å². The maximum atomic E-state index is 12.1. The van der Waals surface area contributed by atoms with Gasteiger partial charge < -0.3 is 19.7 Å². The van der Waals surface area contributed by atoms with Crippen molar-refractivity contribution in [1.29, 1.82) is 0 Å². The molecule has 2 bridgehead atoms. The molecule has 5 atom stereocenters. The number of hydrogen-bond donors (Lipinski definition) is 2. The SMILES string of the molecule is Oc1ccc2c3c1O[C@H]1CCC[C@@]4(O)[C@@H](C2)N(C[C@H]2CCCO2)CC[C@]314. The number of piperidine rings is 1. The Morgan fingerprint density at radius 3 is 2.96 bits per heavy atom. The number of hydrogen-bond acceptors (Lipinski definition) is 5. The molecule has 5 aliphatic rings. The van der Waals surface area contributed by atoms with Gasteiger partial charge in [0.2, 0.25) is 0 Å². The highest BCUT2D eigenvalue weighted by Crippen LogP contribution is 2.65. The Morgan fingerprint density at radius 1 is 1.19 bits per heavy atom. The zero-order valence-corrected chi connectivity index (χ0v) is 15.1. The molecule has 0 unspecified atom stereocenters. The van der Waals surface area contributed by atoms with Crippen LogP contribution in [0, 0.1) is 0 Å². The molecular formula is C21H27NO4. The highest BCUT2D eigenvalue weighted by molar-refractivity contribution is 5.62. The fourth-order valence-electron chi connectivity index (χ4n) is 6.89. The molecule has 2 aliphatic carbocycles. The highest BCUT2D eigenvalue weighted by atomic mass is 16.5. The summed E-state index contributed by atoms with van der Waals surface area (Å²) in [6, 6.07) is 3.94. The average molecular weight is 357 g/mol. The van der Waals surface area contributed by atoms with Gasteiger partial charge in [-0.05, 0) is 63.1 Å². The molecule has 1 aromatic carbocycles. The van der Waals surface area contributed by atoms with E-state index in [0.717, 1.165) is 70.2 Å². The summed E-state index contributed by atoms with van der Waals surface area (Å²) in [7, 11) is 0. The van der Waals surface area contributed by atoms with Crippen LogP contribution in [0.2, 0.25) is 0 Å². The Morgan fingerprint density at radius 2 is 2.12 bits per heavy atom. The fourth-order valence-corrected chi connectivity index (χ4v) is 6.89. The maximum Gasteiger partial charge on any atom is 0.165 e. The minimum Gasteiger partial charge on any atom is -0.504 e. The van der Waals surface area contributed by atoms with E-state index in [2.05, 4.69) is 11.0 Å². The summed E-state index contributed by atoms with van der Waals surface area (Å²) in [5, 5.41) is 22.5. The van der Waals surface area contributed by atoms with Gasteiger partial charge in [0.25, 0.3) is 0 Å². The van der Waals surface area contributed by atoms with Crippen molar-refractivity contribution in [2.75, 3.05) is 19.7 Å². The third-order valence-corrected chi connectivity index (χ3v) is 7.94. The molecule has 3 heterocycles. The summed E-state index contributed by atoms with van der Waals surface area (Å²) < 4.78 is 12.2. The van der Waals surface area contributed by atoms with Gasteiger partial charge in [-0.25, -0.2) is 0 Å². The summed E-state index contributed by atoms with van der Waals surface area (Å²) >= 11 is 0. The summed E-state index contributed by atoms with van der Waals surface area (Å²) in [6.07, 6.45) is 7.11. The van der Waals surface area contributed by atoms with Crippen molar-refractivity contribution in [2.24, 2.45) is 0 Å². The van der Waals surface area contributed by atoms with Crippen LogP contribution in [0.1, 0.15) is 49.7 Å². The number of likely N-dealkylation sites (tertiary alicyclic amines) is 1. The van der Waals surface area contributed by atoms with E-state index in [9.17, 15) is 10.2 Å². The van der Waals surface area contributed by atoms with E-state index < -0.39 is 5.60 Å². The molecule has 2 saturated heterocycles. The quantitative estimate of drug-likeness (QED) is 0.849. The van der Waals surface area contributed by atoms with Gasteiger partial charge in [-0.15, -0.1) is 0 Å². The summed E-state index contributed by atoms with van der Waals surface area (Å²) in [6.45, 7) is 2.77. The van der Waals surface area contributed by atoms with Crippen LogP contribution in [0.15, 0.2) is 12.1 Å². The van der Waals surface area contributed by atoms with Crippen LogP contribution in [0.3, 0.4) is 0 Å². The number of benzene rings is 1. The van der Waals surface area contributed by atoms with Crippen LogP contribution in [0.5, 0.6) is 11.5 Å². The molecule has 1 saturated carbocycles. The second-order valence-corrected chi connectivity index (χ2v) is 8.94. The van der Waals surface area contributed by atoms with Crippen molar-refractivity contribution in [3.05, 3.63) is 23.3 Å². The topological polar surface area (TPSA) is 62.2 Å². The van der Waals surface area contributed by atoms with E-state index in [1.807, 2.05) is 0 Å². The normalized spacial score (nSPS) is 43.2. The minimum absolute atomic E-state index is 0.00372. The van der Waals surface area contributed by atoms with E-state index in [1.165, 1.54) is 5.56 Å². The van der Waals surface area contributed by atoms with Crippen molar-refractivity contribution >= 4 is 0 Å². The van der Waals surface area contributed by atoms with Gasteiger partial charge in [0, 0.05) is 24.8 Å². The molecule has 0 amide bonds. The largest absolute Gasteiger partial charge is 0.504 e. The molecule has 3 aliphatic heterocycles. The summed E-state index contributed by atoms with van der Waals surface area (Å²) in [5.41, 5.74) is 1.27. The van der Waals surface area contributed by atoms with Crippen molar-refractivity contribution in [3.63, 3.8) is 0 Å². The predicted octanol–water partition coefficient (Wildman–Crippen LogP) is 2.12. The maximum absolute atomic E-state index is 12.1. The third-order valence-electron chi connectivity index (χ3n) is 7.94. The van der Waals surface area contributed by atoms with Crippen LogP contribution < -0.4 is 4.74 Å². The molecule has 5 nitrogen and oxygen atoms in total. The van der Waals surface area contributed by atoms with Crippen molar-refractivity contribution < 1.29 is 19.7 Å². The van der Waals surface area contributed by atoms with E-state index in [-0.39, 0.29) is 23.3 Å². The van der Waals surface area contributed by atoms with Crippen LogP contribution in [0.4, 0.5) is 0 Å². The zero-order chi connectivity index (χ0) is 17.5. The molecule has 26 heavy (non-hydrogen) atoms. The lowest BCUT2D eigenvalue weighted by molar-refractivity contribution is -0.188. The first kappa shape index (κ1) is 15.7. The number of ether oxygens (including phenoxy) is 2. The Kier molecular flexibility index (Phi) is 3.11. The minimum atomic E-state index is -0.765. The van der Waals surface area contributed by atoms with Crippen molar-refractivity contribution in [3.8, 4) is 11.5 Å². The van der Waals surface area contributed by atoms with E-state index in [4.69, 9.17) is 9.47 Å². The first-order chi connectivity index (χ1) is 12.6. The molecular weight excluding hydrogens is 330 g/mol. The van der Waals surface area contributed by atoms with Crippen LogP contribution in [0.25, 0.3) is 0 Å². The Bertz CT molecular complexity index is 761. The van der Waals surface area contributed by atoms with Gasteiger partial charge >= 0.3 is 0 Å². The standard InChI is InChI=1S/C21H27NO4/c23-15-6-5-13-11-16-21(24)7-1-4-17-20(21,18(13)19(15)26-17)8-9-22(16)12-14-3-2-10-25-14/h5-6,14,16-17,23-24H,1-4,7-12H2/t14-,16-,17+,20-,21-/m1/s1. The first-order valence-corrected chi connectivity index (χ1v) is 10.2. The second kappa shape index (κ2) is 5.15. The Hall–Kier alpha value is -1.30. The van der Waals surface area contributed by atoms with Gasteiger partial charge in [0.05, 0.1) is 17.1 Å². The van der Waals surface area contributed by atoms with Gasteiger partial charge in [-0.1, -0.05) is 6.07 Å². The number of rotatable bonds is 2. The molecule has 3 fully saturated rings. The van der Waals surface area contributed by atoms with Crippen LogP contribution >= 0.6 is 0 Å². The monoisotopic (exact) mass is 357 g/mol. The zero-order valence-electron chi connectivity index (χ0n) is 15.1.